The van der Waals surface area contributed by atoms with E-state index in [1.807, 2.05) is 30.3 Å². The fourth-order valence-electron chi connectivity index (χ4n) is 8.52. The Labute approximate surface area is 317 Å². The predicted molar refractivity (Wildman–Crippen MR) is 225 cm³/mol. The lowest BCUT2D eigenvalue weighted by molar-refractivity contribution is 0.669. The molecule has 1 aliphatic rings. The van der Waals surface area contributed by atoms with E-state index in [1.165, 1.54) is 48.9 Å². The molecule has 0 aliphatic heterocycles. The molecule has 1 aliphatic carbocycles. The highest BCUT2D eigenvalue weighted by atomic mass is 16.3. The van der Waals surface area contributed by atoms with Crippen LogP contribution in [0.2, 0.25) is 0 Å². The van der Waals surface area contributed by atoms with Gasteiger partial charge in [-0.25, -0.2) is 15.0 Å². The van der Waals surface area contributed by atoms with Crippen LogP contribution >= 0.6 is 0 Å². The van der Waals surface area contributed by atoms with Gasteiger partial charge in [-0.3, -0.25) is 0 Å². The van der Waals surface area contributed by atoms with E-state index in [1.54, 1.807) is 0 Å². The number of nitrogens with zero attached hydrogens (tertiary/aromatic N) is 3. The summed E-state index contributed by atoms with van der Waals surface area (Å²) in [6.45, 7) is 0. The van der Waals surface area contributed by atoms with Crippen LogP contribution in [0.5, 0.6) is 0 Å². The van der Waals surface area contributed by atoms with Gasteiger partial charge in [-0.15, -0.1) is 0 Å². The average Bonchev–Trinajstić information content (AvgIpc) is 3.65. The summed E-state index contributed by atoms with van der Waals surface area (Å²) in [7, 11) is 0. The molecular formula is C51H33N3O. The van der Waals surface area contributed by atoms with Crippen LogP contribution in [0.4, 0.5) is 0 Å². The van der Waals surface area contributed by atoms with Gasteiger partial charge in [0.2, 0.25) is 0 Å². The molecule has 0 saturated heterocycles. The summed E-state index contributed by atoms with van der Waals surface area (Å²) >= 11 is 0. The highest BCUT2D eigenvalue weighted by Crippen LogP contribution is 2.41. The summed E-state index contributed by atoms with van der Waals surface area (Å²) in [6, 6.07) is 62.0. The smallest absolute Gasteiger partial charge is 0.164 e. The number of benzene rings is 8. The molecule has 2 aromatic heterocycles. The Balaban J connectivity index is 1.12. The van der Waals surface area contributed by atoms with Crippen LogP contribution in [0.15, 0.2) is 180 Å². The van der Waals surface area contributed by atoms with Crippen LogP contribution < -0.4 is 10.4 Å². The third-order valence-electron chi connectivity index (χ3n) is 11.1. The minimum atomic E-state index is 0.676. The molecular weight excluding hydrogens is 671 g/mol. The molecule has 4 nitrogen and oxygen atoms in total. The Morgan fingerprint density at radius 3 is 1.80 bits per heavy atom. The SMILES string of the molecule is c1ccc(-c2nc(C3=c4ccccc4=C(c4ccc(-c5cccc6oc7ccccc7c56)c5ccccc45)CC3)nc(-c3ccc4ccccc4c3)n2)cc1. The molecule has 0 radical (unpaired) electrons. The fourth-order valence-corrected chi connectivity index (χ4v) is 8.52. The monoisotopic (exact) mass is 703 g/mol. The summed E-state index contributed by atoms with van der Waals surface area (Å²) in [5.74, 6) is 2.08. The molecule has 0 N–H and O–H groups in total. The molecule has 258 valence electrons. The number of rotatable bonds is 5. The summed E-state index contributed by atoms with van der Waals surface area (Å²) in [4.78, 5) is 15.4. The van der Waals surface area contributed by atoms with Crippen LogP contribution in [-0.4, -0.2) is 15.0 Å². The van der Waals surface area contributed by atoms with Gasteiger partial charge in [-0.1, -0.05) is 158 Å². The number of para-hydroxylation sites is 1. The molecule has 0 unspecified atom stereocenters. The molecule has 55 heavy (non-hydrogen) atoms. The molecule has 0 spiro atoms. The van der Waals surface area contributed by atoms with Crippen molar-refractivity contribution < 1.29 is 4.42 Å². The second kappa shape index (κ2) is 12.8. The number of aromatic nitrogens is 3. The second-order valence-electron chi connectivity index (χ2n) is 14.2. The van der Waals surface area contributed by atoms with Crippen molar-refractivity contribution in [1.82, 2.24) is 15.0 Å². The summed E-state index contributed by atoms with van der Waals surface area (Å²) < 4.78 is 6.29. The summed E-state index contributed by atoms with van der Waals surface area (Å²) in [6.07, 6.45) is 1.66. The first-order chi connectivity index (χ1) is 27.3. The summed E-state index contributed by atoms with van der Waals surface area (Å²) in [5.41, 5.74) is 9.87. The minimum Gasteiger partial charge on any atom is -0.456 e. The van der Waals surface area contributed by atoms with Crippen molar-refractivity contribution in [1.29, 1.82) is 0 Å². The van der Waals surface area contributed by atoms with Gasteiger partial charge in [0.15, 0.2) is 17.5 Å². The highest BCUT2D eigenvalue weighted by Gasteiger charge is 2.22. The number of hydrogen-bond acceptors (Lipinski definition) is 4. The van der Waals surface area contributed by atoms with Crippen molar-refractivity contribution in [3.05, 3.63) is 198 Å². The Hall–Kier alpha value is -7.17. The lowest BCUT2D eigenvalue weighted by Gasteiger charge is -2.20. The molecule has 10 aromatic rings. The van der Waals surface area contributed by atoms with Gasteiger partial charge >= 0.3 is 0 Å². The number of fused-ring (bicyclic) bond motifs is 6. The van der Waals surface area contributed by atoms with Crippen LogP contribution in [-0.2, 0) is 0 Å². The largest absolute Gasteiger partial charge is 0.456 e. The van der Waals surface area contributed by atoms with Gasteiger partial charge < -0.3 is 4.42 Å². The molecule has 0 atom stereocenters. The van der Waals surface area contributed by atoms with E-state index in [9.17, 15) is 0 Å². The minimum absolute atomic E-state index is 0.676. The topological polar surface area (TPSA) is 51.8 Å². The maximum absolute atomic E-state index is 6.29. The lowest BCUT2D eigenvalue weighted by atomic mass is 9.85. The fraction of sp³-hybridized carbons (Fsp3) is 0.0392. The van der Waals surface area contributed by atoms with Crippen molar-refractivity contribution in [2.75, 3.05) is 0 Å². The van der Waals surface area contributed by atoms with Crippen molar-refractivity contribution in [2.45, 2.75) is 12.8 Å². The van der Waals surface area contributed by atoms with E-state index in [4.69, 9.17) is 19.4 Å². The molecule has 4 heteroatoms. The number of hydrogen-bond donors (Lipinski definition) is 0. The first kappa shape index (κ1) is 31.4. The van der Waals surface area contributed by atoms with E-state index in [0.29, 0.717) is 11.6 Å². The van der Waals surface area contributed by atoms with Gasteiger partial charge in [-0.2, -0.15) is 0 Å². The van der Waals surface area contributed by atoms with Crippen LogP contribution in [0, 0.1) is 0 Å². The van der Waals surface area contributed by atoms with Gasteiger partial charge in [0.05, 0.1) is 0 Å². The van der Waals surface area contributed by atoms with Crippen molar-refractivity contribution in [2.24, 2.45) is 0 Å². The van der Waals surface area contributed by atoms with Gasteiger partial charge in [0.25, 0.3) is 0 Å². The highest BCUT2D eigenvalue weighted by molar-refractivity contribution is 6.16. The lowest BCUT2D eigenvalue weighted by Crippen LogP contribution is -2.33. The molecule has 0 amide bonds. The van der Waals surface area contributed by atoms with E-state index >= 15 is 0 Å². The van der Waals surface area contributed by atoms with E-state index < -0.39 is 0 Å². The Morgan fingerprint density at radius 2 is 0.964 bits per heavy atom. The van der Waals surface area contributed by atoms with Crippen LogP contribution in [0.3, 0.4) is 0 Å². The van der Waals surface area contributed by atoms with Gasteiger partial charge in [-0.05, 0) is 85.3 Å². The maximum Gasteiger partial charge on any atom is 0.164 e. The third kappa shape index (κ3) is 5.25. The van der Waals surface area contributed by atoms with Crippen molar-refractivity contribution >= 4 is 54.6 Å². The quantitative estimate of drug-likeness (QED) is 0.179. The molecule has 8 aromatic carbocycles. The molecule has 0 fully saturated rings. The first-order valence-corrected chi connectivity index (χ1v) is 18.8. The zero-order chi connectivity index (χ0) is 36.3. The zero-order valence-electron chi connectivity index (χ0n) is 29.9. The molecule has 11 rings (SSSR count). The first-order valence-electron chi connectivity index (χ1n) is 18.8. The van der Waals surface area contributed by atoms with E-state index in [0.717, 1.165) is 62.7 Å². The van der Waals surface area contributed by atoms with Crippen LogP contribution in [0.1, 0.15) is 24.2 Å². The molecule has 0 saturated carbocycles. The number of furan rings is 1. The van der Waals surface area contributed by atoms with E-state index in [2.05, 4.69) is 146 Å². The normalized spacial score (nSPS) is 12.9. The Morgan fingerprint density at radius 1 is 0.364 bits per heavy atom. The molecule has 0 bridgehead atoms. The van der Waals surface area contributed by atoms with Gasteiger partial charge in [0.1, 0.15) is 11.2 Å². The van der Waals surface area contributed by atoms with E-state index in [-0.39, 0.29) is 0 Å². The maximum atomic E-state index is 6.29. The van der Waals surface area contributed by atoms with Crippen LogP contribution in [0.25, 0.3) is 88.5 Å². The third-order valence-corrected chi connectivity index (χ3v) is 11.1. The molecule has 2 heterocycles. The Kier molecular flexibility index (Phi) is 7.27. The zero-order valence-corrected chi connectivity index (χ0v) is 29.9. The van der Waals surface area contributed by atoms with Crippen molar-refractivity contribution in [3.8, 4) is 33.9 Å². The average molecular weight is 704 g/mol. The standard InChI is InChI=1S/C51H33N3O/c1-2-14-33(15-3-1)49-52-50(35-26-25-32-13-4-5-16-34(32)31-35)54-51(53-49)44-30-29-41(38-19-8-9-20-39(38)44)40-27-28-42(37-18-7-6-17-36(37)40)43-22-12-24-47-48(43)45-21-10-11-23-46(45)55-47/h1-28,31H,29-30H2. The predicted octanol–water partition coefficient (Wildman–Crippen LogP) is 11.3. The van der Waals surface area contributed by atoms with Crippen molar-refractivity contribution in [3.63, 3.8) is 0 Å². The van der Waals surface area contributed by atoms with Gasteiger partial charge in [0, 0.05) is 27.5 Å². The Bertz CT molecular complexity index is 3270. The summed E-state index contributed by atoms with van der Waals surface area (Å²) in [5, 5.41) is 9.49. The second-order valence-corrected chi connectivity index (χ2v) is 14.2.